The van der Waals surface area contributed by atoms with E-state index in [0.29, 0.717) is 11.1 Å². The third kappa shape index (κ3) is 3.97. The van der Waals surface area contributed by atoms with E-state index in [2.05, 4.69) is 5.32 Å². The first-order chi connectivity index (χ1) is 9.99. The van der Waals surface area contributed by atoms with Crippen molar-refractivity contribution in [2.75, 3.05) is 11.5 Å². The summed E-state index contributed by atoms with van der Waals surface area (Å²) >= 11 is 1.80. The van der Waals surface area contributed by atoms with Gasteiger partial charge in [0.05, 0.1) is 0 Å². The second-order valence-electron chi connectivity index (χ2n) is 5.18. The standard InChI is InChI=1S/C15H18FNO3S/c1-9-8-11(2-3-12(9)16)13(15(19)20)17-14(18)10-4-6-21-7-5-10/h2-3,8,10,13H,4-7H2,1H3,(H,17,18)(H,19,20). The predicted octanol–water partition coefficient (Wildman–Crippen LogP) is 2.52. The van der Waals surface area contributed by atoms with E-state index in [1.54, 1.807) is 18.7 Å². The number of aryl methyl sites for hydroxylation is 1. The first-order valence-electron chi connectivity index (χ1n) is 6.86. The first-order valence-corrected chi connectivity index (χ1v) is 8.01. The molecular formula is C15H18FNO3S. The minimum Gasteiger partial charge on any atom is -0.479 e. The molecule has 4 nitrogen and oxygen atoms in total. The van der Waals surface area contributed by atoms with Gasteiger partial charge in [-0.2, -0.15) is 11.8 Å². The number of hydrogen-bond acceptors (Lipinski definition) is 3. The van der Waals surface area contributed by atoms with Gasteiger partial charge in [-0.05, 0) is 48.5 Å². The maximum Gasteiger partial charge on any atom is 0.330 e. The third-order valence-corrected chi connectivity index (χ3v) is 4.69. The molecule has 0 bridgehead atoms. The lowest BCUT2D eigenvalue weighted by Gasteiger charge is -2.23. The Morgan fingerprint density at radius 3 is 2.62 bits per heavy atom. The highest BCUT2D eigenvalue weighted by Gasteiger charge is 2.27. The molecule has 0 spiro atoms. The highest BCUT2D eigenvalue weighted by molar-refractivity contribution is 7.99. The van der Waals surface area contributed by atoms with Crippen molar-refractivity contribution in [1.29, 1.82) is 0 Å². The van der Waals surface area contributed by atoms with E-state index >= 15 is 0 Å². The van der Waals surface area contributed by atoms with E-state index < -0.39 is 17.8 Å². The van der Waals surface area contributed by atoms with Crippen LogP contribution in [-0.4, -0.2) is 28.5 Å². The van der Waals surface area contributed by atoms with Crippen molar-refractivity contribution in [2.45, 2.75) is 25.8 Å². The van der Waals surface area contributed by atoms with Crippen LogP contribution < -0.4 is 5.32 Å². The van der Waals surface area contributed by atoms with Crippen molar-refractivity contribution in [3.05, 3.63) is 35.1 Å². The Morgan fingerprint density at radius 2 is 2.05 bits per heavy atom. The molecule has 21 heavy (non-hydrogen) atoms. The van der Waals surface area contributed by atoms with Crippen molar-refractivity contribution in [1.82, 2.24) is 5.32 Å². The highest BCUT2D eigenvalue weighted by atomic mass is 32.2. The fraction of sp³-hybridized carbons (Fsp3) is 0.467. The van der Waals surface area contributed by atoms with Crippen LogP contribution in [0.5, 0.6) is 0 Å². The molecule has 0 aromatic heterocycles. The second-order valence-corrected chi connectivity index (χ2v) is 6.40. The van der Waals surface area contributed by atoms with Crippen LogP contribution in [0.2, 0.25) is 0 Å². The van der Waals surface area contributed by atoms with Gasteiger partial charge < -0.3 is 10.4 Å². The fourth-order valence-corrected chi connectivity index (χ4v) is 3.46. The molecule has 0 saturated carbocycles. The van der Waals surface area contributed by atoms with Gasteiger partial charge in [0, 0.05) is 5.92 Å². The summed E-state index contributed by atoms with van der Waals surface area (Å²) in [6.07, 6.45) is 1.54. The first kappa shape index (κ1) is 15.8. The van der Waals surface area contributed by atoms with Gasteiger partial charge in [0.2, 0.25) is 5.91 Å². The molecule has 1 aromatic carbocycles. The van der Waals surface area contributed by atoms with Crippen LogP contribution in [0.3, 0.4) is 0 Å². The lowest BCUT2D eigenvalue weighted by molar-refractivity contribution is -0.142. The SMILES string of the molecule is Cc1cc(C(NC(=O)C2CCSCC2)C(=O)O)ccc1F. The van der Waals surface area contributed by atoms with Crippen molar-refractivity contribution in [3.8, 4) is 0 Å². The lowest BCUT2D eigenvalue weighted by atomic mass is 9.99. The molecular weight excluding hydrogens is 293 g/mol. The van der Waals surface area contributed by atoms with Gasteiger partial charge in [0.15, 0.2) is 6.04 Å². The zero-order valence-electron chi connectivity index (χ0n) is 11.8. The van der Waals surface area contributed by atoms with E-state index in [-0.39, 0.29) is 11.8 Å². The predicted molar refractivity (Wildman–Crippen MR) is 79.7 cm³/mol. The molecule has 1 aliphatic heterocycles. The van der Waals surface area contributed by atoms with Gasteiger partial charge in [0.25, 0.3) is 0 Å². The zero-order valence-corrected chi connectivity index (χ0v) is 12.6. The third-order valence-electron chi connectivity index (χ3n) is 3.64. The molecule has 114 valence electrons. The summed E-state index contributed by atoms with van der Waals surface area (Å²) in [5, 5.41) is 11.9. The number of carbonyl (C=O) groups excluding carboxylic acids is 1. The van der Waals surface area contributed by atoms with Gasteiger partial charge in [-0.1, -0.05) is 12.1 Å². The van der Waals surface area contributed by atoms with Gasteiger partial charge >= 0.3 is 5.97 Å². The van der Waals surface area contributed by atoms with Gasteiger partial charge in [-0.3, -0.25) is 4.79 Å². The average Bonchev–Trinajstić information content (AvgIpc) is 2.48. The molecule has 2 rings (SSSR count). The number of hydrogen-bond donors (Lipinski definition) is 2. The molecule has 1 saturated heterocycles. The largest absolute Gasteiger partial charge is 0.479 e. The number of amides is 1. The van der Waals surface area contributed by atoms with E-state index in [9.17, 15) is 19.1 Å². The molecule has 1 amide bonds. The number of carboxylic acids is 1. The number of halogens is 1. The summed E-state index contributed by atoms with van der Waals surface area (Å²) in [6, 6.07) is 2.96. The maximum atomic E-state index is 13.3. The van der Waals surface area contributed by atoms with E-state index in [1.807, 2.05) is 0 Å². The minimum atomic E-state index is -1.14. The van der Waals surface area contributed by atoms with Crippen LogP contribution in [0.4, 0.5) is 4.39 Å². The second kappa shape index (κ2) is 6.93. The van der Waals surface area contributed by atoms with Crippen molar-refractivity contribution in [2.24, 2.45) is 5.92 Å². The number of thioether (sulfide) groups is 1. The number of carbonyl (C=O) groups is 2. The molecule has 0 aliphatic carbocycles. The molecule has 1 atom stereocenters. The van der Waals surface area contributed by atoms with Gasteiger partial charge in [-0.25, -0.2) is 9.18 Å². The van der Waals surface area contributed by atoms with E-state index in [4.69, 9.17) is 0 Å². The monoisotopic (exact) mass is 311 g/mol. The molecule has 6 heteroatoms. The number of rotatable bonds is 4. The fourth-order valence-electron chi connectivity index (χ4n) is 2.35. The molecule has 1 unspecified atom stereocenters. The van der Waals surface area contributed by atoms with Crippen LogP contribution in [-0.2, 0) is 9.59 Å². The molecule has 1 heterocycles. The van der Waals surface area contributed by atoms with Crippen LogP contribution in [0.25, 0.3) is 0 Å². The topological polar surface area (TPSA) is 66.4 Å². The number of aliphatic carboxylic acids is 1. The molecule has 1 aliphatic rings. The van der Waals surface area contributed by atoms with Crippen LogP contribution >= 0.6 is 11.8 Å². The molecule has 0 radical (unpaired) electrons. The Labute approximate surface area is 127 Å². The summed E-state index contributed by atoms with van der Waals surface area (Å²) in [4.78, 5) is 23.6. The Morgan fingerprint density at radius 1 is 1.38 bits per heavy atom. The van der Waals surface area contributed by atoms with E-state index in [1.165, 1.54) is 18.2 Å². The Hall–Kier alpha value is -1.56. The number of benzene rings is 1. The summed E-state index contributed by atoms with van der Waals surface area (Å²) < 4.78 is 13.3. The summed E-state index contributed by atoms with van der Waals surface area (Å²) in [5.74, 6) is -0.0471. The van der Waals surface area contributed by atoms with Crippen molar-refractivity contribution in [3.63, 3.8) is 0 Å². The zero-order chi connectivity index (χ0) is 15.4. The average molecular weight is 311 g/mol. The summed E-state index contributed by atoms with van der Waals surface area (Å²) in [7, 11) is 0. The van der Waals surface area contributed by atoms with E-state index in [0.717, 1.165) is 24.3 Å². The number of nitrogens with one attached hydrogen (secondary N) is 1. The normalized spacial score (nSPS) is 17.2. The van der Waals surface area contributed by atoms with Crippen LogP contribution in [0, 0.1) is 18.7 Å². The number of carboxylic acid groups (broad SMARTS) is 1. The van der Waals surface area contributed by atoms with Crippen LogP contribution in [0.15, 0.2) is 18.2 Å². The molecule has 2 N–H and O–H groups in total. The summed E-state index contributed by atoms with van der Waals surface area (Å²) in [6.45, 7) is 1.57. The molecule has 1 aromatic rings. The van der Waals surface area contributed by atoms with Crippen molar-refractivity contribution < 1.29 is 19.1 Å². The minimum absolute atomic E-state index is 0.130. The lowest BCUT2D eigenvalue weighted by Crippen LogP contribution is -2.38. The molecule has 1 fully saturated rings. The smallest absolute Gasteiger partial charge is 0.330 e. The highest BCUT2D eigenvalue weighted by Crippen LogP contribution is 2.24. The Kier molecular flexibility index (Phi) is 5.22. The van der Waals surface area contributed by atoms with Gasteiger partial charge in [0.1, 0.15) is 5.82 Å². The van der Waals surface area contributed by atoms with Crippen LogP contribution in [0.1, 0.15) is 30.0 Å². The Balaban J connectivity index is 2.13. The summed E-state index contributed by atoms with van der Waals surface area (Å²) in [5.41, 5.74) is 0.752. The quantitative estimate of drug-likeness (QED) is 0.896. The maximum absolute atomic E-state index is 13.3. The van der Waals surface area contributed by atoms with Gasteiger partial charge in [-0.15, -0.1) is 0 Å². The van der Waals surface area contributed by atoms with Crippen molar-refractivity contribution >= 4 is 23.6 Å². The Bertz CT molecular complexity index is 544.